The Morgan fingerprint density at radius 2 is 1.69 bits per heavy atom. The number of methoxy groups -OCH3 is 1. The van der Waals surface area contributed by atoms with E-state index in [-0.39, 0.29) is 22.2 Å². The second-order valence-corrected chi connectivity index (χ2v) is 15.3. The third-order valence-corrected chi connectivity index (χ3v) is 11.9. The molecular formula is C42H37ClFN3O5S2. The van der Waals surface area contributed by atoms with Gasteiger partial charge in [-0.3, -0.25) is 14.4 Å². The van der Waals surface area contributed by atoms with Crippen molar-refractivity contribution >= 4 is 75.2 Å². The number of fused-ring (bicyclic) bond motifs is 1. The number of halogens is 2. The van der Waals surface area contributed by atoms with Gasteiger partial charge in [0.2, 0.25) is 5.91 Å². The van der Waals surface area contributed by atoms with E-state index in [0.29, 0.717) is 45.5 Å². The van der Waals surface area contributed by atoms with E-state index in [1.807, 2.05) is 31.2 Å². The largest absolute Gasteiger partial charge is 0.465 e. The van der Waals surface area contributed by atoms with Gasteiger partial charge in [0.05, 0.1) is 22.9 Å². The molecule has 8 nitrogen and oxygen atoms in total. The molecule has 3 amide bonds. The first-order valence-electron chi connectivity index (χ1n) is 17.3. The van der Waals surface area contributed by atoms with Crippen molar-refractivity contribution in [2.45, 2.75) is 48.7 Å². The Hall–Kier alpha value is -5.23. The summed E-state index contributed by atoms with van der Waals surface area (Å²) in [4.78, 5) is 55.2. The van der Waals surface area contributed by atoms with E-state index in [2.05, 4.69) is 28.1 Å². The molecule has 6 rings (SSSR count). The molecule has 1 heterocycles. The van der Waals surface area contributed by atoms with E-state index >= 15 is 0 Å². The smallest absolute Gasteiger partial charge is 0.341 e. The second kappa shape index (κ2) is 17.7. The molecule has 2 unspecified atom stereocenters. The quantitative estimate of drug-likeness (QED) is 0.0661. The molecule has 1 aromatic heterocycles. The fourth-order valence-electron chi connectivity index (χ4n) is 6.26. The van der Waals surface area contributed by atoms with Crippen LogP contribution in [0.4, 0.5) is 15.1 Å². The number of anilines is 2. The van der Waals surface area contributed by atoms with Crippen LogP contribution in [0.2, 0.25) is 5.02 Å². The number of hydrogen-bond donors (Lipinski definition) is 3. The summed E-state index contributed by atoms with van der Waals surface area (Å²) in [5, 5.41) is 8.41. The van der Waals surface area contributed by atoms with Gasteiger partial charge in [0.15, 0.2) is 0 Å². The Kier molecular flexibility index (Phi) is 12.6. The highest BCUT2D eigenvalue weighted by atomic mass is 35.5. The van der Waals surface area contributed by atoms with Gasteiger partial charge in [0.25, 0.3) is 11.8 Å². The summed E-state index contributed by atoms with van der Waals surface area (Å²) in [5.41, 5.74) is 3.00. The maximum atomic E-state index is 14.8. The molecule has 2 atom stereocenters. The number of ether oxygens (including phenoxy) is 1. The van der Waals surface area contributed by atoms with Crippen molar-refractivity contribution < 1.29 is 28.3 Å². The van der Waals surface area contributed by atoms with Gasteiger partial charge in [-0.1, -0.05) is 79.2 Å². The molecule has 0 radical (unpaired) electrons. The van der Waals surface area contributed by atoms with Gasteiger partial charge in [-0.2, -0.15) is 0 Å². The van der Waals surface area contributed by atoms with Crippen LogP contribution in [0.15, 0.2) is 114 Å². The van der Waals surface area contributed by atoms with Gasteiger partial charge >= 0.3 is 5.97 Å². The molecule has 1 aliphatic carbocycles. The van der Waals surface area contributed by atoms with Gasteiger partial charge in [-0.15, -0.1) is 23.1 Å². The van der Waals surface area contributed by atoms with Gasteiger partial charge in [-0.05, 0) is 91.3 Å². The van der Waals surface area contributed by atoms with Crippen LogP contribution in [0.5, 0.6) is 0 Å². The number of thiophene rings is 1. The molecule has 0 saturated carbocycles. The van der Waals surface area contributed by atoms with E-state index in [9.17, 15) is 23.6 Å². The van der Waals surface area contributed by atoms with Crippen molar-refractivity contribution in [2.24, 2.45) is 0 Å². The topological polar surface area (TPSA) is 114 Å². The van der Waals surface area contributed by atoms with E-state index in [1.165, 1.54) is 60.0 Å². The summed E-state index contributed by atoms with van der Waals surface area (Å²) in [6.45, 7) is 1.90. The molecule has 1 aliphatic rings. The van der Waals surface area contributed by atoms with Crippen LogP contribution in [0.25, 0.3) is 6.08 Å². The lowest BCUT2D eigenvalue weighted by Crippen LogP contribution is -2.30. The first-order valence-corrected chi connectivity index (χ1v) is 19.4. The van der Waals surface area contributed by atoms with Crippen molar-refractivity contribution in [3.8, 4) is 0 Å². The third-order valence-electron chi connectivity index (χ3n) is 9.01. The summed E-state index contributed by atoms with van der Waals surface area (Å²) in [7, 11) is 1.34. The number of carbonyl (C=O) groups is 4. The zero-order chi connectivity index (χ0) is 38.2. The van der Waals surface area contributed by atoms with Gasteiger partial charge in [0, 0.05) is 26.6 Å². The lowest BCUT2D eigenvalue weighted by atomic mass is 9.83. The van der Waals surface area contributed by atoms with Gasteiger partial charge in [-0.25, -0.2) is 9.18 Å². The van der Waals surface area contributed by atoms with E-state index in [4.69, 9.17) is 16.3 Å². The SMILES string of the molecule is CCC(Sc1cccc(NC(=O)/C(=C\c2c(F)cccc2Cl)NC(=O)c2ccccc2)c1)C(=O)Nc1sc2c(c1C(=O)OC)CCC(c1ccccc1)C2. The molecule has 276 valence electrons. The van der Waals surface area contributed by atoms with Crippen molar-refractivity contribution in [3.05, 3.63) is 152 Å². The maximum absolute atomic E-state index is 14.8. The predicted octanol–water partition coefficient (Wildman–Crippen LogP) is 9.52. The number of hydrogen-bond acceptors (Lipinski definition) is 7. The van der Waals surface area contributed by atoms with E-state index < -0.39 is 28.9 Å². The predicted molar refractivity (Wildman–Crippen MR) is 214 cm³/mol. The standard InChI is InChI=1S/C42H37ClFN3O5S2/c1-3-35(40(50)47-41-37(42(51)52-2)30-21-20-27(22-36(30)54-41)25-12-6-4-7-13-25)53-29-17-10-16-28(23-29)45-39(49)34(24-31-32(43)18-11-19-33(31)44)46-38(48)26-14-8-5-9-15-26/h4-19,23-24,27,35H,3,20-22H2,1-2H3,(H,45,49)(H,46,48)(H,47,50)/b34-24+. The van der Waals surface area contributed by atoms with Gasteiger partial charge in [0.1, 0.15) is 16.5 Å². The summed E-state index contributed by atoms with van der Waals surface area (Å²) < 4.78 is 19.9. The molecule has 12 heteroatoms. The van der Waals surface area contributed by atoms with E-state index in [1.54, 1.807) is 48.5 Å². The summed E-state index contributed by atoms with van der Waals surface area (Å²) in [5.74, 6) is -2.36. The Balaban J connectivity index is 1.18. The number of rotatable bonds is 12. The van der Waals surface area contributed by atoms with Crippen molar-refractivity contribution in [2.75, 3.05) is 17.7 Å². The fraction of sp³-hybridized carbons (Fsp3) is 0.190. The molecule has 0 aliphatic heterocycles. The van der Waals surface area contributed by atoms with Crippen LogP contribution >= 0.6 is 34.7 Å². The summed E-state index contributed by atoms with van der Waals surface area (Å²) in [6.07, 6.45) is 4.03. The Morgan fingerprint density at radius 3 is 2.39 bits per heavy atom. The number of thioether (sulfide) groups is 1. The van der Waals surface area contributed by atoms with Crippen LogP contribution < -0.4 is 16.0 Å². The highest BCUT2D eigenvalue weighted by molar-refractivity contribution is 8.00. The molecule has 3 N–H and O–H groups in total. The highest BCUT2D eigenvalue weighted by Crippen LogP contribution is 2.43. The summed E-state index contributed by atoms with van der Waals surface area (Å²) in [6, 6.07) is 29.7. The molecule has 0 bridgehead atoms. The zero-order valence-corrected chi connectivity index (χ0v) is 31.9. The number of carbonyl (C=O) groups excluding carboxylic acids is 4. The van der Waals surface area contributed by atoms with Crippen molar-refractivity contribution in [3.63, 3.8) is 0 Å². The monoisotopic (exact) mass is 781 g/mol. The Bertz CT molecular complexity index is 2190. The van der Waals surface area contributed by atoms with Crippen molar-refractivity contribution in [1.82, 2.24) is 5.32 Å². The average Bonchev–Trinajstić information content (AvgIpc) is 3.55. The number of benzene rings is 4. The van der Waals surface area contributed by atoms with Crippen LogP contribution in [0.3, 0.4) is 0 Å². The summed E-state index contributed by atoms with van der Waals surface area (Å²) >= 11 is 8.98. The Morgan fingerprint density at radius 1 is 0.963 bits per heavy atom. The van der Waals surface area contributed by atoms with Crippen LogP contribution in [0, 0.1) is 5.82 Å². The molecule has 0 fully saturated rings. The second-order valence-electron chi connectivity index (χ2n) is 12.5. The molecule has 0 spiro atoms. The maximum Gasteiger partial charge on any atom is 0.341 e. The third kappa shape index (κ3) is 9.10. The molecule has 54 heavy (non-hydrogen) atoms. The van der Waals surface area contributed by atoms with E-state index in [0.717, 1.165) is 23.3 Å². The number of esters is 1. The minimum Gasteiger partial charge on any atom is -0.465 e. The first-order chi connectivity index (χ1) is 26.1. The molecule has 0 saturated heterocycles. The van der Waals surface area contributed by atoms with Crippen LogP contribution in [-0.2, 0) is 27.2 Å². The molecule has 4 aromatic carbocycles. The Labute approximate surface area is 326 Å². The molecule has 5 aromatic rings. The number of nitrogens with one attached hydrogen (secondary N) is 3. The number of amides is 3. The van der Waals surface area contributed by atoms with Crippen LogP contribution in [-0.4, -0.2) is 36.1 Å². The normalized spacial score (nSPS) is 14.4. The zero-order valence-electron chi connectivity index (χ0n) is 29.5. The van der Waals surface area contributed by atoms with Gasteiger partial charge < -0.3 is 20.7 Å². The average molecular weight is 782 g/mol. The highest BCUT2D eigenvalue weighted by Gasteiger charge is 2.32. The minimum atomic E-state index is -0.711. The molecular weight excluding hydrogens is 745 g/mol. The lowest BCUT2D eigenvalue weighted by Gasteiger charge is -2.22. The van der Waals surface area contributed by atoms with Crippen LogP contribution in [0.1, 0.15) is 68.0 Å². The minimum absolute atomic E-state index is 0.0586. The lowest BCUT2D eigenvalue weighted by molar-refractivity contribution is -0.116. The fourth-order valence-corrected chi connectivity index (χ4v) is 8.81. The van der Waals surface area contributed by atoms with Crippen molar-refractivity contribution in [1.29, 1.82) is 0 Å². The first kappa shape index (κ1) is 38.5.